The molecule has 128 valence electrons. The van der Waals surface area contributed by atoms with Gasteiger partial charge in [-0.1, -0.05) is 11.3 Å². The molecule has 1 aliphatic heterocycles. The number of carbonyl (C=O) groups excluding carboxylic acids is 1. The highest BCUT2D eigenvalue weighted by Crippen LogP contribution is 2.38. The maximum absolute atomic E-state index is 12.5. The molecule has 0 saturated heterocycles. The molecule has 0 aliphatic carbocycles. The number of rotatable bonds is 4. The Morgan fingerprint density at radius 2 is 2.12 bits per heavy atom. The zero-order valence-corrected chi connectivity index (χ0v) is 14.3. The molecule has 3 heterocycles. The van der Waals surface area contributed by atoms with E-state index in [2.05, 4.69) is 15.3 Å². The van der Waals surface area contributed by atoms with Crippen LogP contribution in [0.3, 0.4) is 0 Å². The number of hydrogen-bond donors (Lipinski definition) is 1. The first-order valence-corrected chi connectivity index (χ1v) is 8.65. The van der Waals surface area contributed by atoms with Crippen molar-refractivity contribution in [2.45, 2.75) is 6.92 Å². The number of ether oxygens (including phenoxy) is 3. The lowest BCUT2D eigenvalue weighted by Gasteiger charge is -2.17. The molecule has 1 aromatic carbocycles. The summed E-state index contributed by atoms with van der Waals surface area (Å²) >= 11 is 1.37. The first-order chi connectivity index (χ1) is 12.2. The summed E-state index contributed by atoms with van der Waals surface area (Å²) in [5, 5.41) is 3.30. The van der Waals surface area contributed by atoms with Crippen molar-refractivity contribution in [1.82, 2.24) is 9.97 Å². The predicted molar refractivity (Wildman–Crippen MR) is 94.0 cm³/mol. The number of pyridine rings is 1. The van der Waals surface area contributed by atoms with Crippen molar-refractivity contribution in [3.63, 3.8) is 0 Å². The number of thiazole rings is 1. The summed E-state index contributed by atoms with van der Waals surface area (Å²) in [6.45, 7) is 3.33. The average Bonchev–Trinajstić information content (AvgIpc) is 3.01. The summed E-state index contributed by atoms with van der Waals surface area (Å²) < 4.78 is 17.4. The van der Waals surface area contributed by atoms with Crippen molar-refractivity contribution in [3.05, 3.63) is 36.0 Å². The second kappa shape index (κ2) is 6.56. The van der Waals surface area contributed by atoms with E-state index in [1.807, 2.05) is 19.1 Å². The number of nitrogens with zero attached hydrogens (tertiary/aromatic N) is 2. The number of amides is 1. The van der Waals surface area contributed by atoms with E-state index in [-0.39, 0.29) is 5.91 Å². The molecule has 25 heavy (non-hydrogen) atoms. The molecule has 0 unspecified atom stereocenters. The average molecular weight is 357 g/mol. The Hall–Kier alpha value is -2.87. The standard InChI is InChI=1S/C17H15N3O4S/c1-2-22-16-10(4-3-5-18-16)15(21)20-17-19-11-8-12-13(9-14(11)25-17)24-7-6-23-12/h3-5,8-9H,2,6-7H2,1H3,(H,19,20,21). The monoisotopic (exact) mass is 357 g/mol. The van der Waals surface area contributed by atoms with Crippen molar-refractivity contribution >= 4 is 32.6 Å². The van der Waals surface area contributed by atoms with Gasteiger partial charge in [0.15, 0.2) is 16.6 Å². The predicted octanol–water partition coefficient (Wildman–Crippen LogP) is 3.11. The van der Waals surface area contributed by atoms with Gasteiger partial charge >= 0.3 is 0 Å². The fourth-order valence-electron chi connectivity index (χ4n) is 2.50. The highest BCUT2D eigenvalue weighted by atomic mass is 32.1. The van der Waals surface area contributed by atoms with Crippen LogP contribution in [-0.2, 0) is 0 Å². The maximum atomic E-state index is 12.5. The SMILES string of the molecule is CCOc1ncccc1C(=O)Nc1nc2cc3c(cc2s1)OCCO3. The van der Waals surface area contributed by atoms with Crippen molar-refractivity contribution in [3.8, 4) is 17.4 Å². The van der Waals surface area contributed by atoms with Gasteiger partial charge in [-0.05, 0) is 19.1 Å². The summed E-state index contributed by atoms with van der Waals surface area (Å²) in [6.07, 6.45) is 1.59. The fraction of sp³-hybridized carbons (Fsp3) is 0.235. The second-order valence-electron chi connectivity index (χ2n) is 5.23. The minimum Gasteiger partial charge on any atom is -0.486 e. The number of carbonyl (C=O) groups is 1. The van der Waals surface area contributed by atoms with E-state index in [1.165, 1.54) is 11.3 Å². The molecule has 3 aromatic rings. The van der Waals surface area contributed by atoms with Crippen LogP contribution in [0.2, 0.25) is 0 Å². The lowest BCUT2D eigenvalue weighted by molar-refractivity contribution is 0.102. The van der Waals surface area contributed by atoms with E-state index in [0.717, 1.165) is 10.2 Å². The van der Waals surface area contributed by atoms with Gasteiger partial charge in [-0.3, -0.25) is 10.1 Å². The number of hydrogen-bond acceptors (Lipinski definition) is 7. The molecule has 2 aromatic heterocycles. The highest BCUT2D eigenvalue weighted by Gasteiger charge is 2.18. The van der Waals surface area contributed by atoms with Gasteiger partial charge in [-0.2, -0.15) is 0 Å². The van der Waals surface area contributed by atoms with Gasteiger partial charge in [0.25, 0.3) is 5.91 Å². The van der Waals surface area contributed by atoms with Crippen LogP contribution in [0.1, 0.15) is 17.3 Å². The Kier molecular flexibility index (Phi) is 4.10. The Bertz CT molecular complexity index is 898. The zero-order chi connectivity index (χ0) is 17.2. The number of nitrogens with one attached hydrogen (secondary N) is 1. The summed E-state index contributed by atoms with van der Waals surface area (Å²) in [7, 11) is 0. The highest BCUT2D eigenvalue weighted by molar-refractivity contribution is 7.22. The Morgan fingerprint density at radius 3 is 2.92 bits per heavy atom. The smallest absolute Gasteiger partial charge is 0.262 e. The molecule has 1 amide bonds. The van der Waals surface area contributed by atoms with E-state index in [4.69, 9.17) is 14.2 Å². The third-order valence-electron chi connectivity index (χ3n) is 3.57. The van der Waals surface area contributed by atoms with Gasteiger partial charge in [0, 0.05) is 18.3 Å². The molecule has 1 N–H and O–H groups in total. The topological polar surface area (TPSA) is 82.6 Å². The van der Waals surface area contributed by atoms with E-state index in [0.29, 0.717) is 47.9 Å². The summed E-state index contributed by atoms with van der Waals surface area (Å²) in [6, 6.07) is 7.07. The number of fused-ring (bicyclic) bond motifs is 2. The summed E-state index contributed by atoms with van der Waals surface area (Å²) in [5.74, 6) is 1.37. The van der Waals surface area contributed by atoms with E-state index < -0.39 is 0 Å². The van der Waals surface area contributed by atoms with E-state index >= 15 is 0 Å². The van der Waals surface area contributed by atoms with Gasteiger partial charge in [0.05, 0.1) is 16.8 Å². The summed E-state index contributed by atoms with van der Waals surface area (Å²) in [5.41, 5.74) is 1.12. The molecular weight excluding hydrogens is 342 g/mol. The molecule has 0 bridgehead atoms. The normalized spacial score (nSPS) is 12.8. The van der Waals surface area contributed by atoms with Crippen molar-refractivity contribution < 1.29 is 19.0 Å². The molecule has 8 heteroatoms. The lowest BCUT2D eigenvalue weighted by Crippen LogP contribution is -2.15. The molecule has 1 aliphatic rings. The minimum atomic E-state index is -0.312. The molecule has 0 atom stereocenters. The third-order valence-corrected chi connectivity index (χ3v) is 4.50. The zero-order valence-electron chi connectivity index (χ0n) is 13.4. The van der Waals surface area contributed by atoms with Crippen molar-refractivity contribution in [2.75, 3.05) is 25.1 Å². The molecule has 0 radical (unpaired) electrons. The van der Waals surface area contributed by atoms with Crippen LogP contribution in [0.15, 0.2) is 30.5 Å². The minimum absolute atomic E-state index is 0.306. The Balaban J connectivity index is 1.61. The first kappa shape index (κ1) is 15.6. The summed E-state index contributed by atoms with van der Waals surface area (Å²) in [4.78, 5) is 21.1. The first-order valence-electron chi connectivity index (χ1n) is 7.84. The van der Waals surface area contributed by atoms with Gasteiger partial charge in [-0.15, -0.1) is 0 Å². The van der Waals surface area contributed by atoms with Gasteiger partial charge in [0.2, 0.25) is 5.88 Å². The van der Waals surface area contributed by atoms with Crippen LogP contribution in [-0.4, -0.2) is 35.7 Å². The molecule has 4 rings (SSSR count). The largest absolute Gasteiger partial charge is 0.486 e. The molecular formula is C17H15N3O4S. The maximum Gasteiger partial charge on any atom is 0.262 e. The number of aromatic nitrogens is 2. The Labute approximate surface area is 147 Å². The third kappa shape index (κ3) is 3.08. The molecule has 0 saturated carbocycles. The van der Waals surface area contributed by atoms with Crippen molar-refractivity contribution in [2.24, 2.45) is 0 Å². The van der Waals surface area contributed by atoms with Gasteiger partial charge in [0.1, 0.15) is 18.8 Å². The second-order valence-corrected chi connectivity index (χ2v) is 6.26. The van der Waals surface area contributed by atoms with Gasteiger partial charge < -0.3 is 14.2 Å². The molecule has 0 spiro atoms. The van der Waals surface area contributed by atoms with Gasteiger partial charge in [-0.25, -0.2) is 9.97 Å². The fourth-order valence-corrected chi connectivity index (χ4v) is 3.37. The van der Waals surface area contributed by atoms with Crippen LogP contribution in [0.25, 0.3) is 10.2 Å². The van der Waals surface area contributed by atoms with Crippen LogP contribution < -0.4 is 19.5 Å². The van der Waals surface area contributed by atoms with E-state index in [1.54, 1.807) is 18.3 Å². The Morgan fingerprint density at radius 1 is 1.32 bits per heavy atom. The van der Waals surface area contributed by atoms with Crippen LogP contribution in [0.4, 0.5) is 5.13 Å². The quantitative estimate of drug-likeness (QED) is 0.772. The van der Waals surface area contributed by atoms with Crippen LogP contribution in [0.5, 0.6) is 17.4 Å². The number of benzene rings is 1. The lowest BCUT2D eigenvalue weighted by atomic mass is 10.2. The molecule has 7 nitrogen and oxygen atoms in total. The molecule has 0 fully saturated rings. The number of anilines is 1. The van der Waals surface area contributed by atoms with Crippen LogP contribution >= 0.6 is 11.3 Å². The van der Waals surface area contributed by atoms with Crippen LogP contribution in [0, 0.1) is 0 Å². The van der Waals surface area contributed by atoms with E-state index in [9.17, 15) is 4.79 Å². The van der Waals surface area contributed by atoms with Crippen molar-refractivity contribution in [1.29, 1.82) is 0 Å².